The lowest BCUT2D eigenvalue weighted by Crippen LogP contribution is -2.17. The van der Waals surface area contributed by atoms with Gasteiger partial charge in [0.25, 0.3) is 5.91 Å². The molecule has 2 heterocycles. The second kappa shape index (κ2) is 8.82. The molecule has 2 amide bonds. The number of primary sulfonamides is 1. The number of nitrogens with zero attached hydrogens (tertiary/aromatic N) is 1. The van der Waals surface area contributed by atoms with Crippen molar-refractivity contribution in [3.05, 3.63) is 57.2 Å². The lowest BCUT2D eigenvalue weighted by Gasteiger charge is -2.10. The number of thiophene rings is 1. The summed E-state index contributed by atoms with van der Waals surface area (Å²) in [5.41, 5.74) is 1.40. The first-order valence-corrected chi connectivity index (χ1v) is 11.8. The van der Waals surface area contributed by atoms with E-state index in [1.807, 2.05) is 6.92 Å². The van der Waals surface area contributed by atoms with Crippen LogP contribution >= 0.6 is 22.7 Å². The molecule has 0 bridgehead atoms. The van der Waals surface area contributed by atoms with Gasteiger partial charge in [-0.15, -0.1) is 22.7 Å². The second-order valence-corrected chi connectivity index (χ2v) is 9.36. The number of sulfonamides is 1. The van der Waals surface area contributed by atoms with Crippen molar-refractivity contribution in [3.63, 3.8) is 0 Å². The highest BCUT2D eigenvalue weighted by atomic mass is 32.2. The first kappa shape index (κ1) is 21.1. The highest BCUT2D eigenvalue weighted by Crippen LogP contribution is 2.22. The van der Waals surface area contributed by atoms with Gasteiger partial charge in [0, 0.05) is 11.1 Å². The van der Waals surface area contributed by atoms with Gasteiger partial charge in [0.2, 0.25) is 15.9 Å². The van der Waals surface area contributed by atoms with Crippen molar-refractivity contribution in [2.24, 2.45) is 5.14 Å². The van der Waals surface area contributed by atoms with Gasteiger partial charge in [-0.3, -0.25) is 14.9 Å². The lowest BCUT2D eigenvalue weighted by molar-refractivity contribution is -0.115. The topological polar surface area (TPSA) is 131 Å². The molecule has 0 aliphatic carbocycles. The maximum absolute atomic E-state index is 12.3. The number of carbonyl (C=O) groups is 2. The van der Waals surface area contributed by atoms with E-state index in [4.69, 9.17) is 5.14 Å². The summed E-state index contributed by atoms with van der Waals surface area (Å²) in [4.78, 5) is 29.1. The first-order chi connectivity index (χ1) is 13.8. The number of benzene rings is 1. The average Bonchev–Trinajstić information content (AvgIpc) is 3.33. The van der Waals surface area contributed by atoms with Crippen molar-refractivity contribution < 1.29 is 18.0 Å². The molecule has 0 saturated heterocycles. The van der Waals surface area contributed by atoms with Crippen molar-refractivity contribution in [1.82, 2.24) is 4.98 Å². The third-order valence-corrected chi connectivity index (χ3v) is 6.57. The fourth-order valence-electron chi connectivity index (χ4n) is 2.57. The molecule has 8 nitrogen and oxygen atoms in total. The van der Waals surface area contributed by atoms with E-state index in [-0.39, 0.29) is 23.1 Å². The van der Waals surface area contributed by atoms with Crippen LogP contribution in [0.25, 0.3) is 0 Å². The first-order valence-electron chi connectivity index (χ1n) is 8.51. The fourth-order valence-corrected chi connectivity index (χ4v) is 4.76. The quantitative estimate of drug-likeness (QED) is 0.509. The van der Waals surface area contributed by atoms with E-state index in [0.29, 0.717) is 33.4 Å². The molecule has 11 heteroatoms. The maximum atomic E-state index is 12.3. The summed E-state index contributed by atoms with van der Waals surface area (Å²) < 4.78 is 23.5. The Morgan fingerprint density at radius 3 is 2.62 bits per heavy atom. The molecule has 3 rings (SSSR count). The van der Waals surface area contributed by atoms with Crippen LogP contribution in [0.2, 0.25) is 0 Å². The smallest absolute Gasteiger partial charge is 0.267 e. The summed E-state index contributed by atoms with van der Waals surface area (Å²) in [5, 5.41) is 14.5. The van der Waals surface area contributed by atoms with Crippen LogP contribution in [0.1, 0.15) is 27.9 Å². The predicted molar refractivity (Wildman–Crippen MR) is 114 cm³/mol. The van der Waals surface area contributed by atoms with Crippen molar-refractivity contribution in [2.75, 3.05) is 10.6 Å². The van der Waals surface area contributed by atoms with Crippen LogP contribution in [0.4, 0.5) is 10.8 Å². The van der Waals surface area contributed by atoms with E-state index in [1.165, 1.54) is 28.7 Å². The number of nitrogens with two attached hydrogens (primary N) is 1. The van der Waals surface area contributed by atoms with Gasteiger partial charge in [-0.2, -0.15) is 0 Å². The summed E-state index contributed by atoms with van der Waals surface area (Å²) in [6.07, 6.45) is 0.477. The number of amides is 2. The Balaban J connectivity index is 1.64. The zero-order chi connectivity index (χ0) is 21.0. The Morgan fingerprint density at radius 2 is 1.97 bits per heavy atom. The summed E-state index contributed by atoms with van der Waals surface area (Å²) in [6, 6.07) is 8.09. The molecule has 29 heavy (non-hydrogen) atoms. The van der Waals surface area contributed by atoms with E-state index in [2.05, 4.69) is 15.6 Å². The van der Waals surface area contributed by atoms with Gasteiger partial charge in [0.1, 0.15) is 0 Å². The minimum atomic E-state index is -3.89. The van der Waals surface area contributed by atoms with Gasteiger partial charge in [-0.25, -0.2) is 18.5 Å². The summed E-state index contributed by atoms with van der Waals surface area (Å²) in [7, 11) is -3.89. The fraction of sp³-hybridized carbons (Fsp3) is 0.167. The highest BCUT2D eigenvalue weighted by Gasteiger charge is 2.16. The van der Waals surface area contributed by atoms with E-state index < -0.39 is 10.0 Å². The molecular formula is C18H18N4O4S3. The predicted octanol–water partition coefficient (Wildman–Crippen LogP) is 2.85. The summed E-state index contributed by atoms with van der Waals surface area (Å²) >= 11 is 2.54. The number of thiazole rings is 1. The Bertz CT molecular complexity index is 1140. The molecular weight excluding hydrogens is 432 g/mol. The molecule has 4 N–H and O–H groups in total. The molecule has 152 valence electrons. The van der Waals surface area contributed by atoms with Crippen molar-refractivity contribution >= 4 is 55.3 Å². The average molecular weight is 451 g/mol. The molecule has 0 radical (unpaired) electrons. The Kier molecular flexibility index (Phi) is 6.42. The molecule has 0 aliphatic heterocycles. The minimum absolute atomic E-state index is 0.00923. The SMILES string of the molecule is CCc1ccc(NC(=O)Cc2csc(NC(=O)c3cccs3)n2)cc1S(N)(=O)=O. The standard InChI is InChI=1S/C18H18N4O4S3/c1-2-11-5-6-12(8-15(11)29(19,25)26)20-16(23)9-13-10-28-18(21-13)22-17(24)14-4-3-7-27-14/h3-8,10H,2,9H2,1H3,(H,20,23)(H2,19,25,26)(H,21,22,24). The van der Waals surface area contributed by atoms with Crippen LogP contribution in [0.3, 0.4) is 0 Å². The van der Waals surface area contributed by atoms with Crippen LogP contribution in [-0.4, -0.2) is 25.2 Å². The minimum Gasteiger partial charge on any atom is -0.326 e. The molecule has 3 aromatic rings. The third kappa shape index (κ3) is 5.48. The van der Waals surface area contributed by atoms with Crippen molar-refractivity contribution in [1.29, 1.82) is 0 Å². The zero-order valence-electron chi connectivity index (χ0n) is 15.3. The number of nitrogens with one attached hydrogen (secondary N) is 2. The molecule has 0 fully saturated rings. The maximum Gasteiger partial charge on any atom is 0.267 e. The second-order valence-electron chi connectivity index (χ2n) is 6.02. The number of aromatic nitrogens is 1. The van der Waals surface area contributed by atoms with E-state index in [1.54, 1.807) is 35.0 Å². The normalized spacial score (nSPS) is 11.2. The van der Waals surface area contributed by atoms with Crippen molar-refractivity contribution in [2.45, 2.75) is 24.7 Å². The molecule has 2 aromatic heterocycles. The van der Waals surface area contributed by atoms with Gasteiger partial charge >= 0.3 is 0 Å². The van der Waals surface area contributed by atoms with Gasteiger partial charge < -0.3 is 5.32 Å². The van der Waals surface area contributed by atoms with Crippen LogP contribution in [-0.2, 0) is 27.7 Å². The zero-order valence-corrected chi connectivity index (χ0v) is 17.8. The number of hydrogen-bond acceptors (Lipinski definition) is 7. The van der Waals surface area contributed by atoms with Gasteiger partial charge in [-0.05, 0) is 35.6 Å². The van der Waals surface area contributed by atoms with Gasteiger partial charge in [-0.1, -0.05) is 19.1 Å². The van der Waals surface area contributed by atoms with E-state index >= 15 is 0 Å². The van der Waals surface area contributed by atoms with Crippen LogP contribution < -0.4 is 15.8 Å². The monoisotopic (exact) mass is 450 g/mol. The molecule has 0 aliphatic rings. The number of rotatable bonds is 7. The molecule has 1 aromatic carbocycles. The van der Waals surface area contributed by atoms with Crippen LogP contribution in [0.15, 0.2) is 46.0 Å². The van der Waals surface area contributed by atoms with Crippen LogP contribution in [0, 0.1) is 0 Å². The Labute approximate surface area is 175 Å². The molecule has 0 atom stereocenters. The van der Waals surface area contributed by atoms with E-state index in [9.17, 15) is 18.0 Å². The summed E-state index contributed by atoms with van der Waals surface area (Å²) in [5.74, 6) is -0.618. The molecule has 0 spiro atoms. The summed E-state index contributed by atoms with van der Waals surface area (Å²) in [6.45, 7) is 1.82. The van der Waals surface area contributed by atoms with Gasteiger partial charge in [0.15, 0.2) is 5.13 Å². The number of aryl methyl sites for hydroxylation is 1. The number of carbonyl (C=O) groups excluding carboxylic acids is 2. The lowest BCUT2D eigenvalue weighted by atomic mass is 10.1. The number of anilines is 2. The van der Waals surface area contributed by atoms with E-state index in [0.717, 1.165) is 0 Å². The largest absolute Gasteiger partial charge is 0.326 e. The molecule has 0 unspecified atom stereocenters. The van der Waals surface area contributed by atoms with Gasteiger partial charge in [0.05, 0.1) is 21.9 Å². The number of hydrogen-bond donors (Lipinski definition) is 3. The Morgan fingerprint density at radius 1 is 1.17 bits per heavy atom. The Hall–Kier alpha value is -2.60. The third-order valence-electron chi connectivity index (χ3n) is 3.90. The highest BCUT2D eigenvalue weighted by molar-refractivity contribution is 7.89. The molecule has 0 saturated carbocycles. The van der Waals surface area contributed by atoms with Crippen molar-refractivity contribution in [3.8, 4) is 0 Å². The van der Waals surface area contributed by atoms with Crippen LogP contribution in [0.5, 0.6) is 0 Å².